The molecule has 3 aromatic rings. The fourth-order valence-electron chi connectivity index (χ4n) is 2.85. The first-order valence-corrected chi connectivity index (χ1v) is 8.35. The number of aromatic nitrogens is 2. The second-order valence-corrected chi connectivity index (χ2v) is 6.11. The van der Waals surface area contributed by atoms with Gasteiger partial charge < -0.3 is 5.32 Å². The molecule has 1 amide bonds. The Morgan fingerprint density at radius 2 is 1.80 bits per heavy atom. The van der Waals surface area contributed by atoms with Gasteiger partial charge in [0, 0.05) is 19.9 Å². The summed E-state index contributed by atoms with van der Waals surface area (Å²) in [4.78, 5) is 29.1. The maximum atomic E-state index is 12.4. The summed E-state index contributed by atoms with van der Waals surface area (Å²) in [7, 11) is 1.70. The number of carbonyl (C=O) groups excluding carboxylic acids is 1. The van der Waals surface area contributed by atoms with Crippen molar-refractivity contribution < 1.29 is 4.79 Å². The van der Waals surface area contributed by atoms with E-state index >= 15 is 0 Å². The minimum absolute atomic E-state index is 0.0536. The predicted molar refractivity (Wildman–Crippen MR) is 98.3 cm³/mol. The molecule has 1 aromatic heterocycles. The number of carbonyl (C=O) groups is 1. The highest BCUT2D eigenvalue weighted by atomic mass is 16.1. The molecule has 0 unspecified atom stereocenters. The number of rotatable bonds is 5. The van der Waals surface area contributed by atoms with E-state index in [0.717, 1.165) is 5.56 Å². The quantitative estimate of drug-likeness (QED) is 0.780. The van der Waals surface area contributed by atoms with Gasteiger partial charge >= 0.3 is 0 Å². The summed E-state index contributed by atoms with van der Waals surface area (Å²) in [5.41, 5.74) is 1.64. The average Bonchev–Trinajstić information content (AvgIpc) is 2.64. The van der Waals surface area contributed by atoms with Crippen LogP contribution in [0.5, 0.6) is 0 Å². The number of amides is 1. The lowest BCUT2D eigenvalue weighted by molar-refractivity contribution is -0.121. The molecule has 0 saturated heterocycles. The number of para-hydroxylation sites is 1. The van der Waals surface area contributed by atoms with Crippen LogP contribution in [0.25, 0.3) is 10.9 Å². The summed E-state index contributed by atoms with van der Waals surface area (Å²) in [6.45, 7) is 1.96. The Kier molecular flexibility index (Phi) is 4.93. The number of aryl methyl sites for hydroxylation is 1. The number of nitrogens with one attached hydrogen (secondary N) is 1. The van der Waals surface area contributed by atoms with E-state index in [-0.39, 0.29) is 23.9 Å². The molecule has 128 valence electrons. The summed E-state index contributed by atoms with van der Waals surface area (Å²) >= 11 is 0. The van der Waals surface area contributed by atoms with Gasteiger partial charge in [0.05, 0.1) is 16.9 Å². The zero-order valence-electron chi connectivity index (χ0n) is 14.4. The zero-order chi connectivity index (χ0) is 17.8. The Morgan fingerprint density at radius 3 is 2.56 bits per heavy atom. The first kappa shape index (κ1) is 16.9. The van der Waals surface area contributed by atoms with Crippen molar-refractivity contribution in [3.05, 3.63) is 76.3 Å². The smallest absolute Gasteiger partial charge is 0.261 e. The molecular weight excluding hydrogens is 314 g/mol. The van der Waals surface area contributed by atoms with Crippen LogP contribution in [0.2, 0.25) is 0 Å². The molecule has 0 aliphatic carbocycles. The highest BCUT2D eigenvalue weighted by Crippen LogP contribution is 2.12. The van der Waals surface area contributed by atoms with Crippen molar-refractivity contribution in [1.29, 1.82) is 0 Å². The predicted octanol–water partition coefficient (Wildman–Crippen LogP) is 2.74. The molecule has 2 aromatic carbocycles. The van der Waals surface area contributed by atoms with Crippen molar-refractivity contribution in [1.82, 2.24) is 14.9 Å². The van der Waals surface area contributed by atoms with Crippen molar-refractivity contribution in [2.45, 2.75) is 25.8 Å². The normalized spacial score (nSPS) is 12.1. The standard InChI is InChI=1S/C20H21N3O2/c1-14(15-8-4-3-5-9-15)21-19(24)13-12-18-22-17-11-7-6-10-16(17)20(25)23(18)2/h3-11,14H,12-13H2,1-2H3,(H,21,24)/t14-/m0/s1. The molecule has 25 heavy (non-hydrogen) atoms. The molecule has 1 atom stereocenters. The maximum absolute atomic E-state index is 12.4. The highest BCUT2D eigenvalue weighted by Gasteiger charge is 2.12. The molecule has 0 saturated carbocycles. The largest absolute Gasteiger partial charge is 0.350 e. The van der Waals surface area contributed by atoms with Crippen molar-refractivity contribution >= 4 is 16.8 Å². The number of benzene rings is 2. The van der Waals surface area contributed by atoms with E-state index in [4.69, 9.17) is 0 Å². The maximum Gasteiger partial charge on any atom is 0.261 e. The first-order valence-electron chi connectivity index (χ1n) is 8.35. The van der Waals surface area contributed by atoms with E-state index in [9.17, 15) is 9.59 Å². The van der Waals surface area contributed by atoms with Gasteiger partial charge in [-0.3, -0.25) is 14.2 Å². The molecule has 0 aliphatic heterocycles. The first-order chi connectivity index (χ1) is 12.1. The van der Waals surface area contributed by atoms with Crippen molar-refractivity contribution in [2.75, 3.05) is 0 Å². The van der Waals surface area contributed by atoms with Gasteiger partial charge in [-0.15, -0.1) is 0 Å². The van der Waals surface area contributed by atoms with E-state index in [1.54, 1.807) is 13.1 Å². The minimum Gasteiger partial charge on any atom is -0.350 e. The van der Waals surface area contributed by atoms with Crippen molar-refractivity contribution in [2.24, 2.45) is 7.05 Å². The fourth-order valence-corrected chi connectivity index (χ4v) is 2.85. The van der Waals surface area contributed by atoms with E-state index in [1.165, 1.54) is 4.57 Å². The molecule has 0 radical (unpaired) electrons. The molecule has 5 heteroatoms. The minimum atomic E-state index is -0.0846. The van der Waals surface area contributed by atoms with Gasteiger partial charge in [-0.2, -0.15) is 0 Å². The summed E-state index contributed by atoms with van der Waals surface area (Å²) in [5, 5.41) is 3.58. The summed E-state index contributed by atoms with van der Waals surface area (Å²) in [6, 6.07) is 17.0. The third-order valence-electron chi connectivity index (χ3n) is 4.33. The molecule has 1 heterocycles. The molecule has 0 fully saturated rings. The van der Waals surface area contributed by atoms with Crippen molar-refractivity contribution in [3.63, 3.8) is 0 Å². The summed E-state index contributed by atoms with van der Waals surface area (Å²) in [6.07, 6.45) is 0.708. The van der Waals surface area contributed by atoms with Gasteiger partial charge in [-0.05, 0) is 24.6 Å². The van der Waals surface area contributed by atoms with E-state index < -0.39 is 0 Å². The molecule has 0 bridgehead atoms. The molecular formula is C20H21N3O2. The summed E-state index contributed by atoms with van der Waals surface area (Å²) < 4.78 is 1.52. The third-order valence-corrected chi connectivity index (χ3v) is 4.33. The molecule has 0 spiro atoms. The van der Waals surface area contributed by atoms with Gasteiger partial charge in [0.15, 0.2) is 0 Å². The van der Waals surface area contributed by atoms with Crippen LogP contribution in [0.3, 0.4) is 0 Å². The van der Waals surface area contributed by atoms with Crippen LogP contribution < -0.4 is 10.9 Å². The third kappa shape index (κ3) is 3.76. The van der Waals surface area contributed by atoms with Crippen molar-refractivity contribution in [3.8, 4) is 0 Å². The Hall–Kier alpha value is -2.95. The lowest BCUT2D eigenvalue weighted by Crippen LogP contribution is -2.28. The lowest BCUT2D eigenvalue weighted by Gasteiger charge is -2.14. The number of fused-ring (bicyclic) bond motifs is 1. The van der Waals surface area contributed by atoms with E-state index in [2.05, 4.69) is 10.3 Å². The molecule has 0 aliphatic rings. The van der Waals surface area contributed by atoms with Crippen LogP contribution in [0, 0.1) is 0 Å². The lowest BCUT2D eigenvalue weighted by atomic mass is 10.1. The van der Waals surface area contributed by atoms with Crippen LogP contribution in [-0.2, 0) is 18.3 Å². The van der Waals surface area contributed by atoms with Crippen LogP contribution in [0.1, 0.15) is 30.8 Å². The average molecular weight is 335 g/mol. The second kappa shape index (κ2) is 7.30. The number of hydrogen-bond acceptors (Lipinski definition) is 3. The van der Waals surface area contributed by atoms with Crippen LogP contribution in [0.15, 0.2) is 59.4 Å². The van der Waals surface area contributed by atoms with Gasteiger partial charge in [-0.1, -0.05) is 42.5 Å². The molecule has 5 nitrogen and oxygen atoms in total. The van der Waals surface area contributed by atoms with Crippen LogP contribution in [0.4, 0.5) is 0 Å². The number of nitrogens with zero attached hydrogens (tertiary/aromatic N) is 2. The Morgan fingerprint density at radius 1 is 1.12 bits per heavy atom. The van der Waals surface area contributed by atoms with Crippen LogP contribution in [-0.4, -0.2) is 15.5 Å². The Bertz CT molecular complexity index is 948. The second-order valence-electron chi connectivity index (χ2n) is 6.11. The van der Waals surface area contributed by atoms with Gasteiger partial charge in [-0.25, -0.2) is 4.98 Å². The van der Waals surface area contributed by atoms with Gasteiger partial charge in [0.2, 0.25) is 5.91 Å². The Labute approximate surface area is 146 Å². The summed E-state index contributed by atoms with van der Waals surface area (Å²) in [5.74, 6) is 0.560. The fraction of sp³-hybridized carbons (Fsp3) is 0.250. The SMILES string of the molecule is C[C@H](NC(=O)CCc1nc2ccccc2c(=O)n1C)c1ccccc1. The number of hydrogen-bond donors (Lipinski definition) is 1. The van der Waals surface area contributed by atoms with E-state index in [1.807, 2.05) is 55.5 Å². The zero-order valence-corrected chi connectivity index (χ0v) is 14.4. The topological polar surface area (TPSA) is 64.0 Å². The molecule has 3 rings (SSSR count). The van der Waals surface area contributed by atoms with Gasteiger partial charge in [0.25, 0.3) is 5.56 Å². The van der Waals surface area contributed by atoms with Gasteiger partial charge in [0.1, 0.15) is 5.82 Å². The molecule has 1 N–H and O–H groups in total. The van der Waals surface area contributed by atoms with E-state index in [0.29, 0.717) is 23.1 Å². The van der Waals surface area contributed by atoms with Crippen LogP contribution >= 0.6 is 0 Å². The highest BCUT2D eigenvalue weighted by molar-refractivity contribution is 5.78. The Balaban J connectivity index is 1.69. The monoisotopic (exact) mass is 335 g/mol.